The molecule has 1 amide bonds. The van der Waals surface area contributed by atoms with Crippen molar-refractivity contribution in [3.05, 3.63) is 34.6 Å². The first-order valence-electron chi connectivity index (χ1n) is 9.88. The Bertz CT molecular complexity index is 675. The van der Waals surface area contributed by atoms with Crippen LogP contribution in [0.25, 0.3) is 0 Å². The smallest absolute Gasteiger partial charge is 0.234 e. The van der Waals surface area contributed by atoms with Gasteiger partial charge in [0.25, 0.3) is 0 Å². The van der Waals surface area contributed by atoms with E-state index in [4.69, 9.17) is 16.6 Å². The molecule has 28 heavy (non-hydrogen) atoms. The maximum atomic E-state index is 13.2. The molecule has 8 heteroatoms. The summed E-state index contributed by atoms with van der Waals surface area (Å²) in [5.41, 5.74) is 0.892. The third kappa shape index (κ3) is 7.28. The maximum absolute atomic E-state index is 13.2. The molecule has 1 aliphatic heterocycles. The highest BCUT2D eigenvalue weighted by Crippen LogP contribution is 2.17. The van der Waals surface area contributed by atoms with Crippen molar-refractivity contribution in [1.82, 2.24) is 20.4 Å². The average Bonchev–Trinajstić information content (AvgIpc) is 2.62. The number of halogens is 2. The monoisotopic (exact) mass is 411 g/mol. The lowest BCUT2D eigenvalue weighted by Crippen LogP contribution is -2.54. The first-order chi connectivity index (χ1) is 13.4. The number of piperazine rings is 1. The summed E-state index contributed by atoms with van der Waals surface area (Å²) in [7, 11) is 0. The molecule has 0 aromatic heterocycles. The topological polar surface area (TPSA) is 60.0 Å². The summed E-state index contributed by atoms with van der Waals surface area (Å²) in [6.45, 7) is 11.0. The number of nitrogens with zero attached hydrogens (tertiary/aromatic N) is 3. The van der Waals surface area contributed by atoms with Gasteiger partial charge in [0.15, 0.2) is 5.96 Å². The van der Waals surface area contributed by atoms with Crippen LogP contribution < -0.4 is 10.6 Å². The summed E-state index contributed by atoms with van der Waals surface area (Å²) in [5, 5.41) is 6.70. The van der Waals surface area contributed by atoms with Gasteiger partial charge in [-0.05, 0) is 44.9 Å². The Balaban J connectivity index is 1.86. The van der Waals surface area contributed by atoms with Crippen molar-refractivity contribution >= 4 is 23.5 Å². The quantitative estimate of drug-likeness (QED) is 0.533. The van der Waals surface area contributed by atoms with E-state index in [1.165, 1.54) is 12.1 Å². The second-order valence-corrected chi connectivity index (χ2v) is 7.61. The van der Waals surface area contributed by atoms with Gasteiger partial charge in [-0.2, -0.15) is 0 Å². The van der Waals surface area contributed by atoms with Crippen LogP contribution in [0.15, 0.2) is 23.2 Å². The molecular formula is C20H31ClFN5O. The number of carbonyl (C=O) groups is 1. The van der Waals surface area contributed by atoms with Gasteiger partial charge in [0.05, 0.1) is 6.54 Å². The molecule has 156 valence electrons. The highest BCUT2D eigenvalue weighted by molar-refractivity contribution is 6.31. The van der Waals surface area contributed by atoms with Crippen molar-refractivity contribution in [3.63, 3.8) is 0 Å². The Morgan fingerprint density at radius 3 is 2.61 bits per heavy atom. The second-order valence-electron chi connectivity index (χ2n) is 7.21. The second kappa shape index (κ2) is 11.2. The fraction of sp³-hybridized carbons (Fsp3) is 0.600. The molecule has 1 aliphatic rings. The van der Waals surface area contributed by atoms with Crippen LogP contribution >= 0.6 is 11.6 Å². The standard InChI is InChI=1S/C20H31ClFN5O/c1-4-23-20(24-8-7-16-5-6-17(22)13-18(16)21)27-11-9-26(10-12-27)14-19(28)25-15(2)3/h5-6,13,15H,4,7-12,14H2,1-3H3,(H,23,24)(H,25,28). The van der Waals surface area contributed by atoms with E-state index in [-0.39, 0.29) is 17.8 Å². The molecule has 6 nitrogen and oxygen atoms in total. The van der Waals surface area contributed by atoms with Gasteiger partial charge in [-0.1, -0.05) is 17.7 Å². The van der Waals surface area contributed by atoms with E-state index in [1.807, 2.05) is 20.8 Å². The van der Waals surface area contributed by atoms with E-state index in [1.54, 1.807) is 6.07 Å². The van der Waals surface area contributed by atoms with Crippen LogP contribution in [-0.4, -0.2) is 73.5 Å². The fourth-order valence-electron chi connectivity index (χ4n) is 3.12. The van der Waals surface area contributed by atoms with Crippen molar-refractivity contribution in [1.29, 1.82) is 0 Å². The van der Waals surface area contributed by atoms with E-state index < -0.39 is 0 Å². The Morgan fingerprint density at radius 1 is 1.29 bits per heavy atom. The predicted octanol–water partition coefficient (Wildman–Crippen LogP) is 2.13. The van der Waals surface area contributed by atoms with Crippen LogP contribution in [0, 0.1) is 5.82 Å². The number of hydrogen-bond acceptors (Lipinski definition) is 3. The van der Waals surface area contributed by atoms with Crippen LogP contribution in [0.4, 0.5) is 4.39 Å². The highest BCUT2D eigenvalue weighted by Gasteiger charge is 2.21. The summed E-state index contributed by atoms with van der Waals surface area (Å²) in [5.74, 6) is 0.609. The van der Waals surface area contributed by atoms with Gasteiger partial charge in [0.1, 0.15) is 5.82 Å². The van der Waals surface area contributed by atoms with E-state index in [0.29, 0.717) is 24.5 Å². The molecule has 0 saturated carbocycles. The molecule has 1 saturated heterocycles. The number of hydrogen-bond donors (Lipinski definition) is 2. The Labute approximate surface area is 172 Å². The Hall–Kier alpha value is -1.86. The normalized spacial score (nSPS) is 15.8. The van der Waals surface area contributed by atoms with Crippen molar-refractivity contribution in [2.75, 3.05) is 45.8 Å². The molecule has 2 rings (SSSR count). The summed E-state index contributed by atoms with van der Waals surface area (Å²) < 4.78 is 13.2. The zero-order valence-corrected chi connectivity index (χ0v) is 17.7. The number of nitrogens with one attached hydrogen (secondary N) is 2. The zero-order chi connectivity index (χ0) is 20.5. The minimum Gasteiger partial charge on any atom is -0.357 e. The predicted molar refractivity (Wildman–Crippen MR) is 112 cm³/mol. The van der Waals surface area contributed by atoms with Crippen molar-refractivity contribution in [2.45, 2.75) is 33.2 Å². The molecule has 1 heterocycles. The van der Waals surface area contributed by atoms with Crippen LogP contribution in [0.1, 0.15) is 26.3 Å². The van der Waals surface area contributed by atoms with Crippen LogP contribution in [0.3, 0.4) is 0 Å². The van der Waals surface area contributed by atoms with Gasteiger partial charge in [0, 0.05) is 50.3 Å². The molecule has 1 aromatic rings. The number of rotatable bonds is 7. The molecule has 0 atom stereocenters. The number of aliphatic imine (C=N–C) groups is 1. The van der Waals surface area contributed by atoms with E-state index in [0.717, 1.165) is 44.2 Å². The molecule has 1 fully saturated rings. The van der Waals surface area contributed by atoms with E-state index >= 15 is 0 Å². The number of guanidine groups is 1. The van der Waals surface area contributed by atoms with Gasteiger partial charge in [-0.3, -0.25) is 14.7 Å². The highest BCUT2D eigenvalue weighted by atomic mass is 35.5. The van der Waals surface area contributed by atoms with Gasteiger partial charge >= 0.3 is 0 Å². The molecule has 0 bridgehead atoms. The molecule has 0 spiro atoms. The Morgan fingerprint density at radius 2 is 2.00 bits per heavy atom. The maximum Gasteiger partial charge on any atom is 0.234 e. The number of amides is 1. The summed E-state index contributed by atoms with van der Waals surface area (Å²) in [4.78, 5) is 21.0. The first kappa shape index (κ1) is 22.4. The zero-order valence-electron chi connectivity index (χ0n) is 17.0. The SMILES string of the molecule is CCNC(=NCCc1ccc(F)cc1Cl)N1CCN(CC(=O)NC(C)C)CC1. The van der Waals surface area contributed by atoms with E-state index in [2.05, 4.69) is 20.4 Å². The van der Waals surface area contributed by atoms with Crippen molar-refractivity contribution < 1.29 is 9.18 Å². The van der Waals surface area contributed by atoms with Crippen LogP contribution in [0.5, 0.6) is 0 Å². The molecule has 2 N–H and O–H groups in total. The lowest BCUT2D eigenvalue weighted by Gasteiger charge is -2.36. The number of benzene rings is 1. The molecule has 0 aliphatic carbocycles. The van der Waals surface area contributed by atoms with Gasteiger partial charge in [-0.25, -0.2) is 4.39 Å². The van der Waals surface area contributed by atoms with Crippen LogP contribution in [0.2, 0.25) is 5.02 Å². The molecule has 0 unspecified atom stereocenters. The average molecular weight is 412 g/mol. The minimum absolute atomic E-state index is 0.0696. The largest absolute Gasteiger partial charge is 0.357 e. The van der Waals surface area contributed by atoms with Gasteiger partial charge in [-0.15, -0.1) is 0 Å². The lowest BCUT2D eigenvalue weighted by atomic mass is 10.1. The van der Waals surface area contributed by atoms with Gasteiger partial charge in [0.2, 0.25) is 5.91 Å². The van der Waals surface area contributed by atoms with Gasteiger partial charge < -0.3 is 15.5 Å². The summed E-state index contributed by atoms with van der Waals surface area (Å²) >= 11 is 6.09. The summed E-state index contributed by atoms with van der Waals surface area (Å²) in [6.07, 6.45) is 0.656. The van der Waals surface area contributed by atoms with Crippen LogP contribution in [-0.2, 0) is 11.2 Å². The van der Waals surface area contributed by atoms with E-state index in [9.17, 15) is 9.18 Å². The minimum atomic E-state index is -0.328. The first-order valence-corrected chi connectivity index (χ1v) is 10.3. The van der Waals surface area contributed by atoms with Crippen molar-refractivity contribution in [3.8, 4) is 0 Å². The molecule has 1 aromatic carbocycles. The summed E-state index contributed by atoms with van der Waals surface area (Å²) in [6, 6.07) is 4.63. The Kier molecular flexibility index (Phi) is 8.99. The molecule has 0 radical (unpaired) electrons. The third-order valence-corrected chi connectivity index (χ3v) is 4.83. The number of carbonyl (C=O) groups excluding carboxylic acids is 1. The fourth-order valence-corrected chi connectivity index (χ4v) is 3.38. The molecular weight excluding hydrogens is 381 g/mol. The third-order valence-electron chi connectivity index (χ3n) is 4.48. The van der Waals surface area contributed by atoms with Crippen molar-refractivity contribution in [2.24, 2.45) is 4.99 Å². The lowest BCUT2D eigenvalue weighted by molar-refractivity contribution is -0.123.